The Morgan fingerprint density at radius 2 is 2.10 bits per heavy atom. The van der Waals surface area contributed by atoms with E-state index in [9.17, 15) is 18.0 Å². The summed E-state index contributed by atoms with van der Waals surface area (Å²) in [5.74, 6) is -0.380. The van der Waals surface area contributed by atoms with Crippen molar-refractivity contribution in [3.8, 4) is 0 Å². The van der Waals surface area contributed by atoms with Gasteiger partial charge in [0.15, 0.2) is 5.69 Å². The lowest BCUT2D eigenvalue weighted by molar-refractivity contribution is -0.141. The predicted octanol–water partition coefficient (Wildman–Crippen LogP) is 3.34. The van der Waals surface area contributed by atoms with Crippen molar-refractivity contribution >= 4 is 17.5 Å². The van der Waals surface area contributed by atoms with E-state index in [-0.39, 0.29) is 11.6 Å². The maximum Gasteiger partial charge on any atom is 0.436 e. The summed E-state index contributed by atoms with van der Waals surface area (Å²) < 4.78 is 39.1. The van der Waals surface area contributed by atoms with Crippen LogP contribution in [-0.4, -0.2) is 22.2 Å². The predicted molar refractivity (Wildman–Crippen MR) is 69.6 cm³/mol. The molecule has 20 heavy (non-hydrogen) atoms. The van der Waals surface area contributed by atoms with E-state index >= 15 is 0 Å². The second-order valence-corrected chi connectivity index (χ2v) is 4.89. The Morgan fingerprint density at radius 3 is 2.55 bits per heavy atom. The first-order chi connectivity index (χ1) is 9.20. The molecule has 1 rings (SSSR count). The fourth-order valence-corrected chi connectivity index (χ4v) is 1.94. The summed E-state index contributed by atoms with van der Waals surface area (Å²) in [6, 6.07) is -0.847. The molecule has 0 saturated carbocycles. The normalized spacial score (nSPS) is 13.3. The average Bonchev–Trinajstić information content (AvgIpc) is 2.65. The van der Waals surface area contributed by atoms with E-state index in [2.05, 4.69) is 10.4 Å². The number of unbranched alkanes of at least 4 members (excludes halogenated alkanes) is 1. The van der Waals surface area contributed by atoms with E-state index in [4.69, 9.17) is 11.6 Å². The largest absolute Gasteiger partial charge is 0.436 e. The highest BCUT2D eigenvalue weighted by Crippen LogP contribution is 2.36. The quantitative estimate of drug-likeness (QED) is 0.848. The number of hydrogen-bond acceptors (Lipinski definition) is 2. The van der Waals surface area contributed by atoms with E-state index in [1.807, 2.05) is 6.92 Å². The van der Waals surface area contributed by atoms with Gasteiger partial charge in [-0.1, -0.05) is 24.9 Å². The molecular formula is C12H17ClF3N3O. The van der Waals surface area contributed by atoms with Crippen molar-refractivity contribution in [3.05, 3.63) is 16.4 Å². The maximum absolute atomic E-state index is 12.7. The summed E-state index contributed by atoms with van der Waals surface area (Å²) in [5, 5.41) is 5.61. The van der Waals surface area contributed by atoms with Gasteiger partial charge >= 0.3 is 6.18 Å². The van der Waals surface area contributed by atoms with Crippen LogP contribution in [0.15, 0.2) is 0 Å². The van der Waals surface area contributed by atoms with E-state index in [0.717, 1.165) is 17.5 Å². The van der Waals surface area contributed by atoms with Crippen molar-refractivity contribution in [2.24, 2.45) is 0 Å². The van der Waals surface area contributed by atoms with Crippen molar-refractivity contribution in [3.63, 3.8) is 0 Å². The molecule has 1 atom stereocenters. The van der Waals surface area contributed by atoms with Gasteiger partial charge in [-0.3, -0.25) is 9.48 Å². The molecule has 0 aliphatic rings. The third-order valence-corrected chi connectivity index (χ3v) is 3.37. The Kier molecular flexibility index (Phi) is 5.44. The number of hydrogen-bond donors (Lipinski definition) is 1. The van der Waals surface area contributed by atoms with Gasteiger partial charge in [0.2, 0.25) is 5.91 Å². The van der Waals surface area contributed by atoms with E-state index in [1.165, 1.54) is 13.8 Å². The van der Waals surface area contributed by atoms with Crippen LogP contribution < -0.4 is 5.32 Å². The number of amides is 1. The topological polar surface area (TPSA) is 46.9 Å². The van der Waals surface area contributed by atoms with Crippen LogP contribution in [0.5, 0.6) is 0 Å². The lowest BCUT2D eigenvalue weighted by atomic mass is 10.3. The van der Waals surface area contributed by atoms with Crippen LogP contribution in [0.25, 0.3) is 0 Å². The molecule has 1 heterocycles. The van der Waals surface area contributed by atoms with Crippen LogP contribution >= 0.6 is 11.6 Å². The van der Waals surface area contributed by atoms with Gasteiger partial charge in [-0.2, -0.15) is 18.3 Å². The van der Waals surface area contributed by atoms with Gasteiger partial charge in [0.05, 0.1) is 10.7 Å². The first-order valence-corrected chi connectivity index (χ1v) is 6.67. The first kappa shape index (κ1) is 16.8. The number of nitrogens with one attached hydrogen (secondary N) is 1. The van der Waals surface area contributed by atoms with Crippen molar-refractivity contribution in [2.75, 3.05) is 6.54 Å². The molecule has 114 valence electrons. The summed E-state index contributed by atoms with van der Waals surface area (Å²) >= 11 is 5.64. The monoisotopic (exact) mass is 311 g/mol. The molecule has 0 bridgehead atoms. The highest BCUT2D eigenvalue weighted by molar-refractivity contribution is 6.32. The minimum Gasteiger partial charge on any atom is -0.354 e. The molecule has 1 unspecified atom stereocenters. The highest BCUT2D eigenvalue weighted by atomic mass is 35.5. The fraction of sp³-hybridized carbons (Fsp3) is 0.667. The number of halogens is 4. The molecule has 0 radical (unpaired) electrons. The lowest BCUT2D eigenvalue weighted by Crippen LogP contribution is -2.32. The van der Waals surface area contributed by atoms with Crippen LogP contribution in [0.1, 0.15) is 44.1 Å². The second-order valence-electron chi connectivity index (χ2n) is 4.51. The fourth-order valence-electron chi connectivity index (χ4n) is 1.70. The maximum atomic E-state index is 12.7. The van der Waals surface area contributed by atoms with Crippen LogP contribution in [-0.2, 0) is 11.0 Å². The van der Waals surface area contributed by atoms with E-state index < -0.39 is 22.9 Å². The number of alkyl halides is 3. The molecule has 1 aromatic rings. The summed E-state index contributed by atoms with van der Waals surface area (Å²) in [6.45, 7) is 5.35. The van der Waals surface area contributed by atoms with Crippen molar-refractivity contribution in [2.45, 2.75) is 45.8 Å². The molecule has 0 spiro atoms. The molecule has 1 amide bonds. The number of nitrogens with zero attached hydrogens (tertiary/aromatic N) is 2. The standard InChI is InChI=1S/C12H17ClF3N3O/c1-4-5-6-17-11(20)8(3)19-7(2)9(13)10(18-19)12(14,15)16/h8H,4-6H2,1-3H3,(H,17,20). The molecule has 0 saturated heterocycles. The Balaban J connectivity index is 2.94. The second kappa shape index (κ2) is 6.47. The highest BCUT2D eigenvalue weighted by Gasteiger charge is 2.39. The Morgan fingerprint density at radius 1 is 1.50 bits per heavy atom. The summed E-state index contributed by atoms with van der Waals surface area (Å²) in [7, 11) is 0. The van der Waals surface area contributed by atoms with Gasteiger partial charge in [0.1, 0.15) is 6.04 Å². The van der Waals surface area contributed by atoms with Gasteiger partial charge in [-0.15, -0.1) is 0 Å². The molecule has 8 heteroatoms. The zero-order chi connectivity index (χ0) is 15.5. The SMILES string of the molecule is CCCCNC(=O)C(C)n1nc(C(F)(F)F)c(Cl)c1C. The van der Waals surface area contributed by atoms with Gasteiger partial charge in [-0.05, 0) is 20.3 Å². The van der Waals surface area contributed by atoms with E-state index in [1.54, 1.807) is 0 Å². The summed E-state index contributed by atoms with van der Waals surface area (Å²) in [5.41, 5.74) is -1.04. The van der Waals surface area contributed by atoms with Gasteiger partial charge in [0, 0.05) is 6.54 Å². The zero-order valence-corrected chi connectivity index (χ0v) is 12.3. The molecule has 1 N–H and O–H groups in total. The van der Waals surface area contributed by atoms with Crippen LogP contribution in [0.2, 0.25) is 5.02 Å². The smallest absolute Gasteiger partial charge is 0.354 e. The number of rotatable bonds is 5. The summed E-state index contributed by atoms with van der Waals surface area (Å²) in [6.07, 6.45) is -2.91. The number of carbonyl (C=O) groups is 1. The molecule has 1 aromatic heterocycles. The third kappa shape index (κ3) is 3.65. The lowest BCUT2D eigenvalue weighted by Gasteiger charge is -2.14. The van der Waals surface area contributed by atoms with Gasteiger partial charge in [0.25, 0.3) is 0 Å². The van der Waals surface area contributed by atoms with Crippen molar-refractivity contribution in [1.82, 2.24) is 15.1 Å². The number of aromatic nitrogens is 2. The van der Waals surface area contributed by atoms with Crippen LogP contribution in [0.4, 0.5) is 13.2 Å². The minimum absolute atomic E-state index is 0.122. The van der Waals surface area contributed by atoms with Crippen LogP contribution in [0, 0.1) is 6.92 Å². The van der Waals surface area contributed by atoms with Crippen molar-refractivity contribution in [1.29, 1.82) is 0 Å². The third-order valence-electron chi connectivity index (χ3n) is 2.92. The first-order valence-electron chi connectivity index (χ1n) is 6.29. The van der Waals surface area contributed by atoms with Gasteiger partial charge < -0.3 is 5.32 Å². The molecule has 4 nitrogen and oxygen atoms in total. The summed E-state index contributed by atoms with van der Waals surface area (Å²) in [4.78, 5) is 11.8. The zero-order valence-electron chi connectivity index (χ0n) is 11.5. The molecule has 0 fully saturated rings. The van der Waals surface area contributed by atoms with E-state index in [0.29, 0.717) is 6.54 Å². The van der Waals surface area contributed by atoms with Gasteiger partial charge in [-0.25, -0.2) is 0 Å². The minimum atomic E-state index is -4.63. The Hall–Kier alpha value is -1.24. The molecule has 0 aliphatic heterocycles. The molecule has 0 aliphatic carbocycles. The Bertz CT molecular complexity index is 485. The molecule has 0 aromatic carbocycles. The number of carbonyl (C=O) groups excluding carboxylic acids is 1. The van der Waals surface area contributed by atoms with Crippen LogP contribution in [0.3, 0.4) is 0 Å². The Labute approximate surface area is 120 Å². The average molecular weight is 312 g/mol. The molecular weight excluding hydrogens is 295 g/mol. The van der Waals surface area contributed by atoms with Crippen molar-refractivity contribution < 1.29 is 18.0 Å².